The molecule has 2 aliphatic heterocycles. The molecule has 2 atom stereocenters. The molecule has 142 valence electrons. The number of carbonyl (C=O) groups is 1. The Morgan fingerprint density at radius 3 is 2.50 bits per heavy atom. The highest BCUT2D eigenvalue weighted by atomic mass is 32.2. The van der Waals surface area contributed by atoms with Gasteiger partial charge in [-0.3, -0.25) is 4.79 Å². The third-order valence-electron chi connectivity index (χ3n) is 4.72. The average Bonchev–Trinajstić information content (AvgIpc) is 2.97. The van der Waals surface area contributed by atoms with Gasteiger partial charge >= 0.3 is 0 Å². The monoisotopic (exact) mass is 394 g/mol. The standard InChI is InChI=1S/C19H26N2O3S2/c1-12(2)13-8-6-7-9-14(13)21-15-10-26(23,24)11-16(15)25-18(21)20-17(22)19(3,4)5/h6-9,12,15-16H,10-11H2,1-5H3. The molecule has 7 heteroatoms. The van der Waals surface area contributed by atoms with Gasteiger partial charge in [-0.1, -0.05) is 64.6 Å². The molecule has 1 aromatic rings. The first-order valence-corrected chi connectivity index (χ1v) is 11.6. The van der Waals surface area contributed by atoms with Crippen LogP contribution in [0.25, 0.3) is 0 Å². The van der Waals surface area contributed by atoms with Gasteiger partial charge < -0.3 is 4.90 Å². The van der Waals surface area contributed by atoms with Gasteiger partial charge in [-0.15, -0.1) is 0 Å². The number of rotatable bonds is 2. The van der Waals surface area contributed by atoms with Crippen molar-refractivity contribution in [2.45, 2.75) is 51.8 Å². The predicted molar refractivity (Wildman–Crippen MR) is 109 cm³/mol. The van der Waals surface area contributed by atoms with E-state index in [1.165, 1.54) is 11.8 Å². The molecule has 2 aliphatic rings. The Balaban J connectivity index is 2.10. The van der Waals surface area contributed by atoms with Crippen LogP contribution >= 0.6 is 11.8 Å². The molecule has 0 aromatic heterocycles. The first kappa shape index (κ1) is 19.4. The molecule has 0 saturated carbocycles. The first-order valence-electron chi connectivity index (χ1n) is 8.88. The van der Waals surface area contributed by atoms with Crippen molar-refractivity contribution >= 4 is 38.4 Å². The van der Waals surface area contributed by atoms with Crippen molar-refractivity contribution in [3.63, 3.8) is 0 Å². The van der Waals surface area contributed by atoms with E-state index >= 15 is 0 Å². The van der Waals surface area contributed by atoms with Gasteiger partial charge in [-0.05, 0) is 17.5 Å². The second-order valence-electron chi connectivity index (χ2n) is 8.33. The molecule has 0 bridgehead atoms. The molecule has 3 rings (SSSR count). The summed E-state index contributed by atoms with van der Waals surface area (Å²) < 4.78 is 24.4. The second-order valence-corrected chi connectivity index (χ2v) is 11.7. The molecule has 26 heavy (non-hydrogen) atoms. The Bertz CT molecular complexity index is 854. The number of anilines is 1. The summed E-state index contributed by atoms with van der Waals surface area (Å²) in [5.41, 5.74) is 1.52. The van der Waals surface area contributed by atoms with Crippen LogP contribution in [0.1, 0.15) is 46.1 Å². The smallest absolute Gasteiger partial charge is 0.253 e. The van der Waals surface area contributed by atoms with Gasteiger partial charge in [-0.2, -0.15) is 4.99 Å². The van der Waals surface area contributed by atoms with E-state index in [0.29, 0.717) is 5.17 Å². The van der Waals surface area contributed by atoms with Crippen LogP contribution in [0.2, 0.25) is 0 Å². The maximum Gasteiger partial charge on any atom is 0.253 e. The Labute approximate surface area is 160 Å². The Morgan fingerprint density at radius 1 is 1.23 bits per heavy atom. The lowest BCUT2D eigenvalue weighted by atomic mass is 9.96. The molecule has 0 aliphatic carbocycles. The van der Waals surface area contributed by atoms with Crippen molar-refractivity contribution in [3.8, 4) is 0 Å². The molecule has 0 spiro atoms. The SMILES string of the molecule is CC(C)c1ccccc1N1C(=NC(=O)C(C)(C)C)SC2CS(=O)(=O)CC21. The summed E-state index contributed by atoms with van der Waals surface area (Å²) in [6.45, 7) is 9.76. The fraction of sp³-hybridized carbons (Fsp3) is 0.579. The lowest BCUT2D eigenvalue weighted by Crippen LogP contribution is -2.38. The molecule has 5 nitrogen and oxygen atoms in total. The van der Waals surface area contributed by atoms with Gasteiger partial charge in [-0.25, -0.2) is 8.42 Å². The largest absolute Gasteiger partial charge is 0.315 e. The van der Waals surface area contributed by atoms with Crippen molar-refractivity contribution in [2.75, 3.05) is 16.4 Å². The summed E-state index contributed by atoms with van der Waals surface area (Å²) in [5, 5.41) is 0.551. The number of hydrogen-bond acceptors (Lipinski definition) is 4. The van der Waals surface area contributed by atoms with E-state index in [2.05, 4.69) is 24.9 Å². The van der Waals surface area contributed by atoms with Gasteiger partial charge in [0, 0.05) is 16.4 Å². The third kappa shape index (κ3) is 3.69. The zero-order chi connectivity index (χ0) is 19.3. The molecule has 0 N–H and O–H groups in total. The highest BCUT2D eigenvalue weighted by Crippen LogP contribution is 2.43. The van der Waals surface area contributed by atoms with Gasteiger partial charge in [0.1, 0.15) is 0 Å². The molecule has 2 unspecified atom stereocenters. The quantitative estimate of drug-likeness (QED) is 0.768. The van der Waals surface area contributed by atoms with Crippen molar-refractivity contribution in [2.24, 2.45) is 10.4 Å². The number of thioether (sulfide) groups is 1. The Hall–Kier alpha value is -1.34. The van der Waals surface area contributed by atoms with E-state index < -0.39 is 15.3 Å². The fourth-order valence-corrected chi connectivity index (χ4v) is 7.20. The fourth-order valence-electron chi connectivity index (χ4n) is 3.30. The van der Waals surface area contributed by atoms with Crippen LogP contribution < -0.4 is 4.90 Å². The first-order chi connectivity index (χ1) is 12.0. The van der Waals surface area contributed by atoms with Crippen LogP contribution in [0, 0.1) is 5.41 Å². The highest BCUT2D eigenvalue weighted by Gasteiger charge is 2.50. The van der Waals surface area contributed by atoms with Crippen LogP contribution in [0.3, 0.4) is 0 Å². The zero-order valence-electron chi connectivity index (χ0n) is 15.9. The number of carbonyl (C=O) groups excluding carboxylic acids is 1. The summed E-state index contributed by atoms with van der Waals surface area (Å²) in [6.07, 6.45) is 0. The maximum atomic E-state index is 12.5. The summed E-state index contributed by atoms with van der Waals surface area (Å²) in [4.78, 5) is 18.9. The molecule has 0 radical (unpaired) electrons. The number of para-hydroxylation sites is 1. The zero-order valence-corrected chi connectivity index (χ0v) is 17.5. The van der Waals surface area contributed by atoms with E-state index in [-0.39, 0.29) is 34.6 Å². The topological polar surface area (TPSA) is 66.8 Å². The number of sulfone groups is 1. The molecule has 1 aromatic carbocycles. The highest BCUT2D eigenvalue weighted by molar-refractivity contribution is 8.16. The van der Waals surface area contributed by atoms with Crippen molar-refractivity contribution in [1.29, 1.82) is 0 Å². The van der Waals surface area contributed by atoms with Crippen LogP contribution in [0.4, 0.5) is 5.69 Å². The summed E-state index contributed by atoms with van der Waals surface area (Å²) in [6, 6.07) is 7.83. The minimum absolute atomic E-state index is 0.0771. The summed E-state index contributed by atoms with van der Waals surface area (Å²) in [5.74, 6) is 0.355. The second kappa shape index (κ2) is 6.68. The number of fused-ring (bicyclic) bond motifs is 1. The molecular weight excluding hydrogens is 368 g/mol. The van der Waals surface area contributed by atoms with Gasteiger partial charge in [0.15, 0.2) is 15.0 Å². The minimum atomic E-state index is -3.06. The van der Waals surface area contributed by atoms with E-state index in [0.717, 1.165) is 11.3 Å². The lowest BCUT2D eigenvalue weighted by molar-refractivity contribution is -0.124. The number of nitrogens with zero attached hydrogens (tertiary/aromatic N) is 2. The van der Waals surface area contributed by atoms with Crippen molar-refractivity contribution in [3.05, 3.63) is 29.8 Å². The molecule has 2 fully saturated rings. The van der Waals surface area contributed by atoms with Crippen LogP contribution in [-0.4, -0.2) is 42.3 Å². The molecule has 2 saturated heterocycles. The Morgan fingerprint density at radius 2 is 1.88 bits per heavy atom. The number of hydrogen-bond donors (Lipinski definition) is 0. The lowest BCUT2D eigenvalue weighted by Gasteiger charge is -2.28. The normalized spacial score (nSPS) is 26.5. The average molecular weight is 395 g/mol. The third-order valence-corrected chi connectivity index (χ3v) is 7.93. The van der Waals surface area contributed by atoms with E-state index in [9.17, 15) is 13.2 Å². The van der Waals surface area contributed by atoms with Crippen molar-refractivity contribution in [1.82, 2.24) is 0 Å². The Kier molecular flexibility index (Phi) is 4.99. The number of benzene rings is 1. The predicted octanol–water partition coefficient (Wildman–Crippen LogP) is 3.46. The number of aliphatic imine (C=N–C) groups is 1. The van der Waals surface area contributed by atoms with Gasteiger partial charge in [0.2, 0.25) is 0 Å². The van der Waals surface area contributed by atoms with E-state index in [1.807, 2.05) is 43.9 Å². The molecule has 2 heterocycles. The van der Waals surface area contributed by atoms with Gasteiger partial charge in [0.25, 0.3) is 5.91 Å². The summed E-state index contributed by atoms with van der Waals surface area (Å²) >= 11 is 1.43. The van der Waals surface area contributed by atoms with Crippen LogP contribution in [0.15, 0.2) is 29.3 Å². The van der Waals surface area contributed by atoms with Gasteiger partial charge in [0.05, 0.1) is 17.5 Å². The van der Waals surface area contributed by atoms with E-state index in [1.54, 1.807) is 0 Å². The minimum Gasteiger partial charge on any atom is -0.315 e. The maximum absolute atomic E-state index is 12.5. The van der Waals surface area contributed by atoms with Crippen molar-refractivity contribution < 1.29 is 13.2 Å². The van der Waals surface area contributed by atoms with Crippen LogP contribution in [0.5, 0.6) is 0 Å². The van der Waals surface area contributed by atoms with E-state index in [4.69, 9.17) is 0 Å². The molecule has 1 amide bonds. The number of amides is 1. The van der Waals surface area contributed by atoms with Crippen LogP contribution in [-0.2, 0) is 14.6 Å². The molecular formula is C19H26N2O3S2. The number of amidine groups is 1. The summed E-state index contributed by atoms with van der Waals surface area (Å²) in [7, 11) is -3.06.